The van der Waals surface area contributed by atoms with Crippen LogP contribution in [0.5, 0.6) is 0 Å². The molecular weight excluding hydrogens is 264 g/mol. The van der Waals surface area contributed by atoms with Gasteiger partial charge in [0.05, 0.1) is 0 Å². The van der Waals surface area contributed by atoms with Crippen molar-refractivity contribution in [3.8, 4) is 0 Å². The molecule has 0 radical (unpaired) electrons. The maximum Gasteiger partial charge on any atom is 0.232 e. The van der Waals surface area contributed by atoms with E-state index in [0.717, 1.165) is 38.1 Å². The largest absolute Gasteiger partial charge is 0.354 e. The summed E-state index contributed by atoms with van der Waals surface area (Å²) in [7, 11) is 0. The molecule has 1 aromatic heterocycles. The summed E-state index contributed by atoms with van der Waals surface area (Å²) in [5.74, 6) is 2.27. The summed E-state index contributed by atoms with van der Waals surface area (Å²) in [5.41, 5.74) is 0. The fraction of sp³-hybridized carbons (Fsp3) is 0.800. The molecule has 0 aliphatic carbocycles. The van der Waals surface area contributed by atoms with Gasteiger partial charge in [-0.15, -0.1) is 0 Å². The van der Waals surface area contributed by atoms with Crippen molar-refractivity contribution in [2.75, 3.05) is 41.3 Å². The summed E-state index contributed by atoms with van der Waals surface area (Å²) in [6.45, 7) is 12.3. The second-order valence-corrected chi connectivity index (χ2v) is 5.72. The number of hydrogen-bond donors (Lipinski definition) is 1. The van der Waals surface area contributed by atoms with Gasteiger partial charge in [0.25, 0.3) is 0 Å². The van der Waals surface area contributed by atoms with E-state index in [1.54, 1.807) is 0 Å². The third-order valence-corrected chi connectivity index (χ3v) is 3.81. The van der Waals surface area contributed by atoms with Crippen LogP contribution in [-0.4, -0.2) is 47.2 Å². The molecule has 0 amide bonds. The fourth-order valence-corrected chi connectivity index (χ4v) is 2.69. The Labute approximate surface area is 128 Å². The lowest BCUT2D eigenvalue weighted by Gasteiger charge is -2.29. The first-order valence-electron chi connectivity index (χ1n) is 8.17. The Morgan fingerprint density at radius 2 is 1.81 bits per heavy atom. The molecule has 0 unspecified atom stereocenters. The van der Waals surface area contributed by atoms with Gasteiger partial charge < -0.3 is 15.1 Å². The van der Waals surface area contributed by atoms with Crippen LogP contribution >= 0.6 is 0 Å². The van der Waals surface area contributed by atoms with E-state index in [2.05, 4.69) is 52.8 Å². The van der Waals surface area contributed by atoms with E-state index < -0.39 is 0 Å². The molecule has 0 spiro atoms. The van der Waals surface area contributed by atoms with Crippen LogP contribution in [0.2, 0.25) is 0 Å². The highest BCUT2D eigenvalue weighted by atomic mass is 15.4. The van der Waals surface area contributed by atoms with E-state index in [1.165, 1.54) is 19.3 Å². The molecular formula is C15H28N6. The zero-order chi connectivity index (χ0) is 15.2. The number of piperidine rings is 1. The molecule has 6 heteroatoms. The molecule has 2 heterocycles. The number of anilines is 3. The number of aromatic nitrogens is 3. The minimum atomic E-state index is 0.376. The Kier molecular flexibility index (Phi) is 5.59. The van der Waals surface area contributed by atoms with Crippen molar-refractivity contribution in [3.63, 3.8) is 0 Å². The van der Waals surface area contributed by atoms with Crippen LogP contribution < -0.4 is 15.1 Å². The zero-order valence-electron chi connectivity index (χ0n) is 13.8. The predicted octanol–water partition coefficient (Wildman–Crippen LogP) is 2.53. The molecule has 1 fully saturated rings. The maximum absolute atomic E-state index is 4.72. The van der Waals surface area contributed by atoms with E-state index >= 15 is 0 Å². The number of nitrogens with one attached hydrogen (secondary N) is 1. The van der Waals surface area contributed by atoms with Crippen molar-refractivity contribution >= 4 is 17.8 Å². The van der Waals surface area contributed by atoms with Gasteiger partial charge in [-0.2, -0.15) is 15.0 Å². The van der Waals surface area contributed by atoms with Gasteiger partial charge >= 0.3 is 0 Å². The van der Waals surface area contributed by atoms with Gasteiger partial charge in [0.2, 0.25) is 17.8 Å². The summed E-state index contributed by atoms with van der Waals surface area (Å²) in [6.07, 6.45) is 3.75. The third kappa shape index (κ3) is 3.95. The molecule has 1 aromatic rings. The molecule has 1 aliphatic rings. The maximum atomic E-state index is 4.72. The lowest BCUT2D eigenvalue weighted by molar-refractivity contribution is 0.566. The summed E-state index contributed by atoms with van der Waals surface area (Å²) in [4.78, 5) is 18.4. The minimum absolute atomic E-state index is 0.376. The van der Waals surface area contributed by atoms with Crippen LogP contribution in [-0.2, 0) is 0 Å². The average Bonchev–Trinajstić information content (AvgIpc) is 2.48. The molecule has 0 bridgehead atoms. The van der Waals surface area contributed by atoms with Gasteiger partial charge in [-0.3, -0.25) is 0 Å². The number of hydrogen-bond acceptors (Lipinski definition) is 6. The molecule has 0 aromatic carbocycles. The van der Waals surface area contributed by atoms with Crippen molar-refractivity contribution < 1.29 is 0 Å². The topological polar surface area (TPSA) is 57.2 Å². The molecule has 1 aliphatic heterocycles. The standard InChI is InChI=1S/C15H28N6/c1-5-16-13-17-14(20-10-8-7-9-11-20)19-15(18-13)21(6-2)12(3)4/h12H,5-11H2,1-4H3,(H,16,17,18,19). The van der Waals surface area contributed by atoms with Crippen molar-refractivity contribution in [2.24, 2.45) is 0 Å². The van der Waals surface area contributed by atoms with E-state index in [4.69, 9.17) is 4.98 Å². The molecule has 1 saturated heterocycles. The molecule has 1 N–H and O–H groups in total. The molecule has 118 valence electrons. The molecule has 6 nitrogen and oxygen atoms in total. The van der Waals surface area contributed by atoms with Crippen LogP contribution in [0.4, 0.5) is 17.8 Å². The molecule has 0 saturated carbocycles. The highest BCUT2D eigenvalue weighted by molar-refractivity contribution is 5.45. The Morgan fingerprint density at radius 1 is 1.10 bits per heavy atom. The van der Waals surface area contributed by atoms with Crippen LogP contribution in [0.3, 0.4) is 0 Å². The van der Waals surface area contributed by atoms with Crippen molar-refractivity contribution in [1.82, 2.24) is 15.0 Å². The highest BCUT2D eigenvalue weighted by Crippen LogP contribution is 2.21. The number of nitrogens with zero attached hydrogens (tertiary/aromatic N) is 5. The van der Waals surface area contributed by atoms with Crippen molar-refractivity contribution in [2.45, 2.75) is 53.0 Å². The predicted molar refractivity (Wildman–Crippen MR) is 88.2 cm³/mol. The van der Waals surface area contributed by atoms with Gasteiger partial charge in [0.15, 0.2) is 0 Å². The van der Waals surface area contributed by atoms with Gasteiger partial charge in [-0.25, -0.2) is 0 Å². The molecule has 21 heavy (non-hydrogen) atoms. The first kappa shape index (κ1) is 15.8. The average molecular weight is 292 g/mol. The minimum Gasteiger partial charge on any atom is -0.354 e. The zero-order valence-corrected chi connectivity index (χ0v) is 13.8. The van der Waals surface area contributed by atoms with E-state index in [-0.39, 0.29) is 0 Å². The summed E-state index contributed by atoms with van der Waals surface area (Å²) in [5, 5.41) is 3.23. The first-order valence-corrected chi connectivity index (χ1v) is 8.17. The quantitative estimate of drug-likeness (QED) is 0.869. The normalized spacial score (nSPS) is 15.4. The second kappa shape index (κ2) is 7.43. The molecule has 0 atom stereocenters. The first-order chi connectivity index (χ1) is 10.2. The van der Waals surface area contributed by atoms with Crippen LogP contribution in [0.1, 0.15) is 47.0 Å². The second-order valence-electron chi connectivity index (χ2n) is 5.72. The lowest BCUT2D eigenvalue weighted by Crippen LogP contribution is -2.35. The monoisotopic (exact) mass is 292 g/mol. The Hall–Kier alpha value is -1.59. The third-order valence-electron chi connectivity index (χ3n) is 3.81. The Balaban J connectivity index is 2.32. The van der Waals surface area contributed by atoms with E-state index in [1.807, 2.05) is 0 Å². The van der Waals surface area contributed by atoms with Gasteiger partial charge in [0, 0.05) is 32.2 Å². The summed E-state index contributed by atoms with van der Waals surface area (Å²) >= 11 is 0. The van der Waals surface area contributed by atoms with Crippen LogP contribution in [0, 0.1) is 0 Å². The van der Waals surface area contributed by atoms with E-state index in [9.17, 15) is 0 Å². The van der Waals surface area contributed by atoms with Crippen molar-refractivity contribution in [1.29, 1.82) is 0 Å². The Morgan fingerprint density at radius 3 is 2.38 bits per heavy atom. The highest BCUT2D eigenvalue weighted by Gasteiger charge is 2.19. The number of rotatable bonds is 6. The molecule has 2 rings (SSSR count). The SMILES string of the molecule is CCNc1nc(N2CCCCC2)nc(N(CC)C(C)C)n1. The van der Waals surface area contributed by atoms with E-state index in [0.29, 0.717) is 12.0 Å². The van der Waals surface area contributed by atoms with Gasteiger partial charge in [-0.1, -0.05) is 0 Å². The van der Waals surface area contributed by atoms with Gasteiger partial charge in [0.1, 0.15) is 0 Å². The fourth-order valence-electron chi connectivity index (χ4n) is 2.69. The summed E-state index contributed by atoms with van der Waals surface area (Å²) < 4.78 is 0. The summed E-state index contributed by atoms with van der Waals surface area (Å²) in [6, 6.07) is 0.376. The van der Waals surface area contributed by atoms with Crippen LogP contribution in [0.25, 0.3) is 0 Å². The van der Waals surface area contributed by atoms with Crippen molar-refractivity contribution in [3.05, 3.63) is 0 Å². The Bertz CT molecular complexity index is 442. The van der Waals surface area contributed by atoms with Crippen LogP contribution in [0.15, 0.2) is 0 Å². The smallest absolute Gasteiger partial charge is 0.232 e. The van der Waals surface area contributed by atoms with Gasteiger partial charge in [-0.05, 0) is 47.0 Å². The lowest BCUT2D eigenvalue weighted by atomic mass is 10.1.